The first-order valence-electron chi connectivity index (χ1n) is 14.5. The van der Waals surface area contributed by atoms with Crippen LogP contribution < -0.4 is 9.47 Å². The summed E-state index contributed by atoms with van der Waals surface area (Å²) in [7, 11) is 1.59. The second-order valence-electron chi connectivity index (χ2n) is 11.3. The fourth-order valence-electron chi connectivity index (χ4n) is 7.36. The van der Waals surface area contributed by atoms with Crippen molar-refractivity contribution in [3.05, 3.63) is 143 Å². The van der Waals surface area contributed by atoms with E-state index >= 15 is 0 Å². The zero-order valence-corrected chi connectivity index (χ0v) is 23.5. The Hall–Kier alpha value is -5.23. The molecule has 0 N–H and O–H groups in total. The number of carbonyl (C=O) groups excluding carboxylic acids is 2. The van der Waals surface area contributed by atoms with Crippen molar-refractivity contribution in [2.45, 2.75) is 18.4 Å². The van der Waals surface area contributed by atoms with Crippen molar-refractivity contribution in [1.82, 2.24) is 5.01 Å². The second kappa shape index (κ2) is 9.95. The number of carbonyl (C=O) groups is 2. The van der Waals surface area contributed by atoms with Crippen LogP contribution in [-0.2, 0) is 16.2 Å². The highest BCUT2D eigenvalue weighted by atomic mass is 16.5. The van der Waals surface area contributed by atoms with Crippen LogP contribution in [0.1, 0.15) is 45.2 Å². The lowest BCUT2D eigenvalue weighted by molar-refractivity contribution is -0.139. The Bertz CT molecular complexity index is 1840. The Morgan fingerprint density at radius 3 is 1.91 bits per heavy atom. The molecule has 9 rings (SSSR count). The van der Waals surface area contributed by atoms with Gasteiger partial charge in [-0.25, -0.2) is 0 Å². The number of methoxy groups -OCH3 is 1. The fraction of sp³-hybridized carbons (Fsp3) is 0.162. The average Bonchev–Trinajstić information content (AvgIpc) is 3.31. The number of benzene rings is 5. The molecule has 2 bridgehead atoms. The van der Waals surface area contributed by atoms with Gasteiger partial charge in [0.15, 0.2) is 11.5 Å². The summed E-state index contributed by atoms with van der Waals surface area (Å²) in [4.78, 5) is 27.6. The molecule has 43 heavy (non-hydrogen) atoms. The summed E-state index contributed by atoms with van der Waals surface area (Å²) in [6.07, 6.45) is 1.55. The molecular weight excluding hydrogens is 536 g/mol. The Morgan fingerprint density at radius 2 is 1.28 bits per heavy atom. The van der Waals surface area contributed by atoms with Gasteiger partial charge in [0.2, 0.25) is 0 Å². The Labute approximate surface area is 249 Å². The molecule has 1 fully saturated rings. The van der Waals surface area contributed by atoms with Crippen molar-refractivity contribution in [1.29, 1.82) is 0 Å². The van der Waals surface area contributed by atoms with E-state index in [0.717, 1.165) is 43.6 Å². The van der Waals surface area contributed by atoms with Gasteiger partial charge in [-0.1, -0.05) is 91.0 Å². The van der Waals surface area contributed by atoms with Gasteiger partial charge in [0.1, 0.15) is 6.61 Å². The molecule has 0 radical (unpaired) electrons. The van der Waals surface area contributed by atoms with Crippen molar-refractivity contribution >= 4 is 28.8 Å². The maximum absolute atomic E-state index is 13.8. The lowest BCUT2D eigenvalue weighted by Crippen LogP contribution is -2.41. The van der Waals surface area contributed by atoms with E-state index < -0.39 is 11.8 Å². The summed E-state index contributed by atoms with van der Waals surface area (Å²) in [6.45, 7) is 0.387. The highest BCUT2D eigenvalue weighted by Gasteiger charge is 2.61. The summed E-state index contributed by atoms with van der Waals surface area (Å²) >= 11 is 0. The largest absolute Gasteiger partial charge is 0.493 e. The molecule has 5 aromatic carbocycles. The number of hydrazone groups is 1. The first-order chi connectivity index (χ1) is 21.1. The van der Waals surface area contributed by atoms with Gasteiger partial charge < -0.3 is 9.47 Å². The number of hydrogen-bond donors (Lipinski definition) is 0. The van der Waals surface area contributed by atoms with Gasteiger partial charge in [0, 0.05) is 11.8 Å². The number of hydrogen-bond acceptors (Lipinski definition) is 5. The van der Waals surface area contributed by atoms with Crippen LogP contribution in [0, 0.1) is 11.8 Å². The van der Waals surface area contributed by atoms with Crippen molar-refractivity contribution in [2.75, 3.05) is 7.11 Å². The molecule has 0 saturated carbocycles. The predicted octanol–water partition coefficient (Wildman–Crippen LogP) is 6.65. The highest BCUT2D eigenvalue weighted by molar-refractivity contribution is 6.08. The smallest absolute Gasteiger partial charge is 0.254 e. The van der Waals surface area contributed by atoms with E-state index in [2.05, 4.69) is 53.6 Å². The molecule has 0 spiro atoms. The number of nitrogens with zero attached hydrogens (tertiary/aromatic N) is 2. The molecule has 6 heteroatoms. The first kappa shape index (κ1) is 25.5. The van der Waals surface area contributed by atoms with Crippen LogP contribution in [-0.4, -0.2) is 30.1 Å². The topological polar surface area (TPSA) is 68.2 Å². The molecule has 1 heterocycles. The Balaban J connectivity index is 1.06. The standard InChI is InChI=1S/C37H28N2O4/c1-42-31-19-22(17-18-30(31)43-21-24-11-8-10-23-9-2-3-12-25(23)24)20-38-39-36(40)34-32-26-13-4-5-14-27(26)33(35(34)37(39)41)29-16-7-6-15-28(29)32/h2-20,32-35H,21H2,1H3/b38-20-/t32?,33?,34-,35-/m1/s1. The van der Waals surface area contributed by atoms with E-state index in [0.29, 0.717) is 23.7 Å². The van der Waals surface area contributed by atoms with Gasteiger partial charge in [0.05, 0.1) is 25.2 Å². The van der Waals surface area contributed by atoms with Gasteiger partial charge in [-0.05, 0) is 62.4 Å². The molecule has 4 aliphatic rings. The summed E-state index contributed by atoms with van der Waals surface area (Å²) in [5.74, 6) is -0.577. The van der Waals surface area contributed by atoms with Crippen molar-refractivity contribution in [2.24, 2.45) is 16.9 Å². The Morgan fingerprint density at radius 1 is 0.698 bits per heavy atom. The maximum Gasteiger partial charge on any atom is 0.254 e. The van der Waals surface area contributed by atoms with Crippen LogP contribution in [0.2, 0.25) is 0 Å². The number of fused-ring (bicyclic) bond motifs is 1. The monoisotopic (exact) mass is 564 g/mol. The van der Waals surface area contributed by atoms with Crippen LogP contribution in [0.15, 0.2) is 114 Å². The number of amides is 2. The van der Waals surface area contributed by atoms with Crippen LogP contribution in [0.5, 0.6) is 11.5 Å². The summed E-state index contributed by atoms with van der Waals surface area (Å²) in [5, 5.41) is 7.84. The summed E-state index contributed by atoms with van der Waals surface area (Å²) in [5.41, 5.74) is 6.34. The molecule has 1 aliphatic heterocycles. The van der Waals surface area contributed by atoms with Crippen molar-refractivity contribution in [3.8, 4) is 11.5 Å². The lowest BCUT2D eigenvalue weighted by Gasteiger charge is -2.45. The first-order valence-corrected chi connectivity index (χ1v) is 14.5. The van der Waals surface area contributed by atoms with Gasteiger partial charge in [-0.3, -0.25) is 9.59 Å². The van der Waals surface area contributed by atoms with Crippen LogP contribution in [0.4, 0.5) is 0 Å². The fourth-order valence-corrected chi connectivity index (χ4v) is 7.36. The number of rotatable bonds is 6. The zero-order chi connectivity index (χ0) is 29.1. The van der Waals surface area contributed by atoms with E-state index in [-0.39, 0.29) is 23.7 Å². The number of imide groups is 1. The normalized spacial score (nSPS) is 21.7. The third-order valence-electron chi connectivity index (χ3n) is 9.20. The molecule has 210 valence electrons. The molecule has 5 aromatic rings. The third-order valence-corrected chi connectivity index (χ3v) is 9.20. The molecule has 0 unspecified atom stereocenters. The molecule has 0 aromatic heterocycles. The molecular formula is C37H28N2O4. The van der Waals surface area contributed by atoms with Gasteiger partial charge in [-0.2, -0.15) is 10.1 Å². The summed E-state index contributed by atoms with van der Waals surface area (Å²) in [6, 6.07) is 36.3. The maximum atomic E-state index is 13.8. The van der Waals surface area contributed by atoms with E-state index in [1.165, 1.54) is 0 Å². The van der Waals surface area contributed by atoms with Crippen LogP contribution >= 0.6 is 0 Å². The highest BCUT2D eigenvalue weighted by Crippen LogP contribution is 2.61. The SMILES string of the molecule is COc1cc(/C=N\N2C(=O)[C@@H]3C4c5ccccc5C(c5ccccc54)[C@H]3C2=O)ccc1OCc1cccc2ccccc12. The van der Waals surface area contributed by atoms with Crippen LogP contribution in [0.25, 0.3) is 10.8 Å². The second-order valence-corrected chi connectivity index (χ2v) is 11.3. The van der Waals surface area contributed by atoms with E-state index in [1.54, 1.807) is 19.4 Å². The lowest BCUT2D eigenvalue weighted by atomic mass is 9.55. The van der Waals surface area contributed by atoms with E-state index in [9.17, 15) is 9.59 Å². The summed E-state index contributed by atoms with van der Waals surface area (Å²) < 4.78 is 11.8. The van der Waals surface area contributed by atoms with Crippen molar-refractivity contribution < 1.29 is 19.1 Å². The van der Waals surface area contributed by atoms with Crippen LogP contribution in [0.3, 0.4) is 0 Å². The molecule has 2 atom stereocenters. The Kier molecular flexibility index (Phi) is 5.89. The average molecular weight is 565 g/mol. The van der Waals surface area contributed by atoms with E-state index in [4.69, 9.17) is 9.47 Å². The molecule has 1 saturated heterocycles. The molecule has 6 nitrogen and oxygen atoms in total. The van der Waals surface area contributed by atoms with Gasteiger partial charge in [-0.15, -0.1) is 0 Å². The van der Waals surface area contributed by atoms with Gasteiger partial charge >= 0.3 is 0 Å². The van der Waals surface area contributed by atoms with Crippen molar-refractivity contribution in [3.63, 3.8) is 0 Å². The molecule has 2 amide bonds. The quantitative estimate of drug-likeness (QED) is 0.171. The molecule has 3 aliphatic carbocycles. The number of ether oxygens (including phenoxy) is 2. The van der Waals surface area contributed by atoms with E-state index in [1.807, 2.05) is 54.6 Å². The van der Waals surface area contributed by atoms with Gasteiger partial charge in [0.25, 0.3) is 11.8 Å². The minimum Gasteiger partial charge on any atom is -0.493 e. The minimum absolute atomic E-state index is 0.155. The third kappa shape index (κ3) is 3.90. The minimum atomic E-state index is -0.459. The zero-order valence-electron chi connectivity index (χ0n) is 23.5. The predicted molar refractivity (Wildman–Crippen MR) is 164 cm³/mol.